The Labute approximate surface area is 155 Å². The summed E-state index contributed by atoms with van der Waals surface area (Å²) < 4.78 is 6.95. The number of amides is 1. The Kier molecular flexibility index (Phi) is 4.63. The van der Waals surface area contributed by atoms with Crippen molar-refractivity contribution in [3.8, 4) is 11.5 Å². The van der Waals surface area contributed by atoms with E-state index < -0.39 is 0 Å². The molecule has 0 saturated carbocycles. The molecule has 0 aliphatic rings. The van der Waals surface area contributed by atoms with E-state index in [-0.39, 0.29) is 11.7 Å². The number of carbonyl (C=O) groups is 1. The molecule has 0 spiro atoms. The average Bonchev–Trinajstić information content (AvgIpc) is 3.40. The third-order valence-electron chi connectivity index (χ3n) is 3.36. The van der Waals surface area contributed by atoms with E-state index in [0.29, 0.717) is 27.4 Å². The van der Waals surface area contributed by atoms with Crippen molar-refractivity contribution in [2.24, 2.45) is 0 Å². The molecule has 0 atom stereocenters. The Morgan fingerprint density at radius 3 is 2.96 bits per heavy atom. The minimum absolute atomic E-state index is 0.161. The van der Waals surface area contributed by atoms with E-state index >= 15 is 0 Å². The zero-order valence-corrected chi connectivity index (χ0v) is 15.3. The summed E-state index contributed by atoms with van der Waals surface area (Å²) in [6.45, 7) is 1.99. The summed E-state index contributed by atoms with van der Waals surface area (Å²) in [6.07, 6.45) is 2.38. The Hall–Kier alpha value is -2.79. The highest BCUT2D eigenvalue weighted by Gasteiger charge is 2.13. The van der Waals surface area contributed by atoms with Crippen LogP contribution in [0.25, 0.3) is 17.1 Å². The molecule has 4 aromatic rings. The monoisotopic (exact) mass is 387 g/mol. The molecule has 4 aromatic heterocycles. The zero-order valence-electron chi connectivity index (χ0n) is 13.6. The number of nitrogens with zero attached hydrogens (tertiary/aromatic N) is 6. The Morgan fingerprint density at radius 2 is 2.19 bits per heavy atom. The van der Waals surface area contributed by atoms with E-state index in [1.54, 1.807) is 22.9 Å². The molecule has 0 bridgehead atoms. The van der Waals surface area contributed by atoms with Crippen LogP contribution in [0.2, 0.25) is 0 Å². The van der Waals surface area contributed by atoms with Crippen molar-refractivity contribution in [2.45, 2.75) is 18.5 Å². The molecule has 4 heterocycles. The minimum atomic E-state index is -0.187. The summed E-state index contributed by atoms with van der Waals surface area (Å²) in [6, 6.07) is 7.23. The van der Waals surface area contributed by atoms with Gasteiger partial charge in [0.2, 0.25) is 16.2 Å². The van der Waals surface area contributed by atoms with Crippen molar-refractivity contribution >= 4 is 39.8 Å². The highest BCUT2D eigenvalue weighted by atomic mass is 32.2. The molecule has 132 valence electrons. The van der Waals surface area contributed by atoms with Gasteiger partial charge in [0, 0.05) is 0 Å². The molecule has 9 nitrogen and oxygen atoms in total. The molecule has 0 aliphatic heterocycles. The second-order valence-corrected chi connectivity index (χ2v) is 7.14. The first kappa shape index (κ1) is 16.7. The maximum absolute atomic E-state index is 12.1. The standard InChI is InChI=1S/C15H13N7O2S2/c1-2-13-18-19-14(26-13)16-12(23)8-25-15-20-17-11-6-5-9(21-22(11)15)10-4-3-7-24-10/h3-7H,2,8H2,1H3,(H,16,19,23). The number of aromatic nitrogens is 6. The maximum Gasteiger partial charge on any atom is 0.236 e. The second kappa shape index (κ2) is 7.22. The quantitative estimate of drug-likeness (QED) is 0.502. The van der Waals surface area contributed by atoms with Gasteiger partial charge in [0.25, 0.3) is 0 Å². The van der Waals surface area contributed by atoms with E-state index in [4.69, 9.17) is 4.42 Å². The lowest BCUT2D eigenvalue weighted by Gasteiger charge is -2.01. The molecule has 0 fully saturated rings. The smallest absolute Gasteiger partial charge is 0.236 e. The topological polar surface area (TPSA) is 111 Å². The summed E-state index contributed by atoms with van der Waals surface area (Å²) in [5, 5.41) is 25.2. The number of fused-ring (bicyclic) bond motifs is 1. The molecule has 0 radical (unpaired) electrons. The first-order valence-electron chi connectivity index (χ1n) is 7.74. The number of nitrogens with one attached hydrogen (secondary N) is 1. The normalized spacial score (nSPS) is 11.1. The van der Waals surface area contributed by atoms with E-state index in [0.717, 1.165) is 11.4 Å². The van der Waals surface area contributed by atoms with Crippen LogP contribution in [-0.4, -0.2) is 41.7 Å². The second-order valence-electron chi connectivity index (χ2n) is 5.14. The van der Waals surface area contributed by atoms with Gasteiger partial charge in [-0.2, -0.15) is 9.61 Å². The molecule has 0 aliphatic carbocycles. The maximum atomic E-state index is 12.1. The number of hydrogen-bond acceptors (Lipinski definition) is 9. The van der Waals surface area contributed by atoms with Crippen LogP contribution in [0.4, 0.5) is 5.13 Å². The van der Waals surface area contributed by atoms with Crippen LogP contribution < -0.4 is 5.32 Å². The number of furan rings is 1. The van der Waals surface area contributed by atoms with Crippen molar-refractivity contribution in [3.05, 3.63) is 35.5 Å². The van der Waals surface area contributed by atoms with Gasteiger partial charge in [-0.1, -0.05) is 30.0 Å². The van der Waals surface area contributed by atoms with Gasteiger partial charge < -0.3 is 4.42 Å². The first-order chi connectivity index (χ1) is 12.7. The Morgan fingerprint density at radius 1 is 1.27 bits per heavy atom. The SMILES string of the molecule is CCc1nnc(NC(=O)CSc2nnc3ccc(-c4ccco4)nn23)s1. The van der Waals surface area contributed by atoms with Gasteiger partial charge in [-0.3, -0.25) is 10.1 Å². The highest BCUT2D eigenvalue weighted by Crippen LogP contribution is 2.21. The fraction of sp³-hybridized carbons (Fsp3) is 0.200. The number of anilines is 1. The summed E-state index contributed by atoms with van der Waals surface area (Å²) in [4.78, 5) is 12.1. The van der Waals surface area contributed by atoms with Crippen LogP contribution in [0, 0.1) is 0 Å². The largest absolute Gasteiger partial charge is 0.463 e. The highest BCUT2D eigenvalue weighted by molar-refractivity contribution is 7.99. The molecular weight excluding hydrogens is 374 g/mol. The number of aryl methyl sites for hydroxylation is 1. The average molecular weight is 387 g/mol. The minimum Gasteiger partial charge on any atom is -0.463 e. The van der Waals surface area contributed by atoms with Gasteiger partial charge in [-0.15, -0.1) is 20.4 Å². The molecule has 11 heteroatoms. The van der Waals surface area contributed by atoms with E-state index in [9.17, 15) is 4.79 Å². The fourth-order valence-electron chi connectivity index (χ4n) is 2.15. The summed E-state index contributed by atoms with van der Waals surface area (Å²) >= 11 is 2.61. The van der Waals surface area contributed by atoms with Crippen molar-refractivity contribution in [1.29, 1.82) is 0 Å². The molecule has 1 N–H and O–H groups in total. The number of thioether (sulfide) groups is 1. The molecule has 0 unspecified atom stereocenters. The predicted molar refractivity (Wildman–Crippen MR) is 97.1 cm³/mol. The molecular formula is C15H13N7O2S2. The zero-order chi connectivity index (χ0) is 17.9. The lowest BCUT2D eigenvalue weighted by molar-refractivity contribution is -0.113. The Bertz CT molecular complexity index is 1040. The van der Waals surface area contributed by atoms with Crippen LogP contribution in [0.15, 0.2) is 40.1 Å². The molecule has 0 saturated heterocycles. The number of hydrogen-bond donors (Lipinski definition) is 1. The lowest BCUT2D eigenvalue weighted by atomic mass is 10.3. The van der Waals surface area contributed by atoms with Crippen LogP contribution >= 0.6 is 23.1 Å². The van der Waals surface area contributed by atoms with E-state index in [2.05, 4.69) is 30.8 Å². The van der Waals surface area contributed by atoms with Crippen LogP contribution in [-0.2, 0) is 11.2 Å². The number of rotatable bonds is 6. The van der Waals surface area contributed by atoms with Gasteiger partial charge in [0.15, 0.2) is 11.4 Å². The van der Waals surface area contributed by atoms with Gasteiger partial charge in [0.05, 0.1) is 12.0 Å². The number of carbonyl (C=O) groups excluding carboxylic acids is 1. The first-order valence-corrected chi connectivity index (χ1v) is 9.54. The lowest BCUT2D eigenvalue weighted by Crippen LogP contribution is -2.14. The third kappa shape index (κ3) is 3.44. The van der Waals surface area contributed by atoms with Crippen molar-refractivity contribution in [3.63, 3.8) is 0 Å². The third-order valence-corrected chi connectivity index (χ3v) is 5.26. The van der Waals surface area contributed by atoms with Crippen molar-refractivity contribution in [1.82, 2.24) is 30.0 Å². The van der Waals surface area contributed by atoms with E-state index in [1.165, 1.54) is 23.1 Å². The molecule has 4 rings (SSSR count). The van der Waals surface area contributed by atoms with E-state index in [1.807, 2.05) is 19.1 Å². The van der Waals surface area contributed by atoms with Gasteiger partial charge in [0.1, 0.15) is 10.7 Å². The summed E-state index contributed by atoms with van der Waals surface area (Å²) in [5.74, 6) is 0.624. The van der Waals surface area contributed by atoms with Gasteiger partial charge >= 0.3 is 0 Å². The van der Waals surface area contributed by atoms with Crippen LogP contribution in [0.5, 0.6) is 0 Å². The summed E-state index contributed by atoms with van der Waals surface area (Å²) in [7, 11) is 0. The predicted octanol–water partition coefficient (Wildman–Crippen LogP) is 2.53. The molecule has 0 aromatic carbocycles. The van der Waals surface area contributed by atoms with Gasteiger partial charge in [-0.25, -0.2) is 0 Å². The van der Waals surface area contributed by atoms with Crippen LogP contribution in [0.3, 0.4) is 0 Å². The summed E-state index contributed by atoms with van der Waals surface area (Å²) in [5.41, 5.74) is 1.26. The van der Waals surface area contributed by atoms with Crippen molar-refractivity contribution < 1.29 is 9.21 Å². The Balaban J connectivity index is 1.46. The molecule has 1 amide bonds. The van der Waals surface area contributed by atoms with Crippen LogP contribution in [0.1, 0.15) is 11.9 Å². The van der Waals surface area contributed by atoms with Crippen molar-refractivity contribution in [2.75, 3.05) is 11.1 Å². The van der Waals surface area contributed by atoms with Gasteiger partial charge in [-0.05, 0) is 30.7 Å². The fourth-order valence-corrected chi connectivity index (χ4v) is 3.53. The molecule has 26 heavy (non-hydrogen) atoms.